The predicted molar refractivity (Wildman–Crippen MR) is 121 cm³/mol. The van der Waals surface area contributed by atoms with E-state index in [1.807, 2.05) is 51.1 Å². The summed E-state index contributed by atoms with van der Waals surface area (Å²) in [6.45, 7) is 7.10. The van der Waals surface area contributed by atoms with Gasteiger partial charge in [-0.05, 0) is 42.7 Å². The van der Waals surface area contributed by atoms with Crippen molar-refractivity contribution < 1.29 is 14.4 Å². The van der Waals surface area contributed by atoms with E-state index < -0.39 is 5.41 Å². The summed E-state index contributed by atoms with van der Waals surface area (Å²) < 4.78 is 0. The van der Waals surface area contributed by atoms with Gasteiger partial charge in [-0.3, -0.25) is 14.4 Å². The number of hydrogen-bond donors (Lipinski definition) is 2. The molecular weight excluding hydrogens is 390 g/mol. The molecule has 1 heterocycles. The highest BCUT2D eigenvalue weighted by Crippen LogP contribution is 2.21. The third kappa shape index (κ3) is 6.17. The number of hydrogen-bond acceptors (Lipinski definition) is 3. The van der Waals surface area contributed by atoms with Crippen molar-refractivity contribution in [3.63, 3.8) is 0 Å². The molecule has 0 aromatic heterocycles. The zero-order valence-electron chi connectivity index (χ0n) is 18.5. The molecule has 6 heteroatoms. The molecule has 0 bridgehead atoms. The number of nitrogens with zero attached hydrogens (tertiary/aromatic N) is 1. The second-order valence-electron chi connectivity index (χ2n) is 9.08. The average molecular weight is 422 g/mol. The van der Waals surface area contributed by atoms with Crippen LogP contribution in [0.5, 0.6) is 0 Å². The Bertz CT molecular complexity index is 917. The second kappa shape index (κ2) is 9.77. The number of amides is 3. The Labute approximate surface area is 184 Å². The molecule has 1 unspecified atom stereocenters. The molecule has 0 spiro atoms. The Morgan fingerprint density at radius 2 is 1.68 bits per heavy atom. The Kier molecular flexibility index (Phi) is 7.10. The molecule has 0 radical (unpaired) electrons. The van der Waals surface area contributed by atoms with E-state index in [-0.39, 0.29) is 23.6 Å². The minimum atomic E-state index is -0.488. The van der Waals surface area contributed by atoms with E-state index in [1.54, 1.807) is 29.2 Å². The number of carbonyl (C=O) groups excluding carboxylic acids is 3. The number of carbonyl (C=O) groups is 3. The van der Waals surface area contributed by atoms with Crippen molar-refractivity contribution in [2.75, 3.05) is 18.4 Å². The van der Waals surface area contributed by atoms with E-state index in [1.165, 1.54) is 0 Å². The van der Waals surface area contributed by atoms with Gasteiger partial charge in [0.2, 0.25) is 11.8 Å². The van der Waals surface area contributed by atoms with Crippen LogP contribution in [-0.2, 0) is 16.1 Å². The lowest BCUT2D eigenvalue weighted by Crippen LogP contribution is -2.45. The van der Waals surface area contributed by atoms with Gasteiger partial charge in [0.25, 0.3) is 5.91 Å². The Balaban J connectivity index is 1.56. The lowest BCUT2D eigenvalue weighted by atomic mass is 9.95. The molecule has 1 aliphatic rings. The molecule has 31 heavy (non-hydrogen) atoms. The maximum absolute atomic E-state index is 12.9. The normalized spacial score (nSPS) is 16.5. The van der Waals surface area contributed by atoms with Crippen LogP contribution >= 0.6 is 0 Å². The maximum Gasteiger partial charge on any atom is 0.253 e. The van der Waals surface area contributed by atoms with Gasteiger partial charge in [0.05, 0.1) is 5.92 Å². The van der Waals surface area contributed by atoms with Gasteiger partial charge in [0, 0.05) is 36.3 Å². The Morgan fingerprint density at radius 3 is 2.32 bits per heavy atom. The standard InChI is InChI=1S/C25H31N3O3/c1-25(2,3)24(31)27-21-13-11-19(12-14-21)23(30)28-15-7-10-20(17-28)22(29)26-16-18-8-5-4-6-9-18/h4-6,8-9,11-14,20H,7,10,15-17H2,1-3H3,(H,26,29)(H,27,31). The van der Waals surface area contributed by atoms with Crippen LogP contribution in [0, 0.1) is 11.3 Å². The first-order valence-electron chi connectivity index (χ1n) is 10.8. The average Bonchev–Trinajstić information content (AvgIpc) is 2.77. The third-order valence-electron chi connectivity index (χ3n) is 5.46. The van der Waals surface area contributed by atoms with Crippen LogP contribution in [-0.4, -0.2) is 35.7 Å². The number of benzene rings is 2. The Morgan fingerprint density at radius 1 is 1.00 bits per heavy atom. The smallest absolute Gasteiger partial charge is 0.253 e. The van der Waals surface area contributed by atoms with Crippen LogP contribution in [0.2, 0.25) is 0 Å². The molecule has 3 amide bonds. The van der Waals surface area contributed by atoms with Crippen molar-refractivity contribution in [1.29, 1.82) is 0 Å². The lowest BCUT2D eigenvalue weighted by molar-refractivity contribution is -0.126. The van der Waals surface area contributed by atoms with Crippen LogP contribution in [0.4, 0.5) is 5.69 Å². The highest BCUT2D eigenvalue weighted by molar-refractivity contribution is 5.97. The summed E-state index contributed by atoms with van der Waals surface area (Å²) in [4.78, 5) is 39.4. The number of rotatable bonds is 5. The van der Waals surface area contributed by atoms with Crippen molar-refractivity contribution in [1.82, 2.24) is 10.2 Å². The maximum atomic E-state index is 12.9. The summed E-state index contributed by atoms with van der Waals surface area (Å²) in [6.07, 6.45) is 1.58. The molecule has 1 fully saturated rings. The predicted octanol–water partition coefficient (Wildman–Crippen LogP) is 3.84. The molecule has 3 rings (SSSR count). The lowest BCUT2D eigenvalue weighted by Gasteiger charge is -2.32. The van der Waals surface area contributed by atoms with Gasteiger partial charge in [0.1, 0.15) is 0 Å². The van der Waals surface area contributed by atoms with Gasteiger partial charge in [-0.2, -0.15) is 0 Å². The zero-order chi connectivity index (χ0) is 22.4. The minimum Gasteiger partial charge on any atom is -0.352 e. The molecular formula is C25H31N3O3. The molecule has 2 N–H and O–H groups in total. The summed E-state index contributed by atoms with van der Waals surface area (Å²) in [5.41, 5.74) is 1.78. The van der Waals surface area contributed by atoms with Gasteiger partial charge >= 0.3 is 0 Å². The molecule has 1 saturated heterocycles. The van der Waals surface area contributed by atoms with Crippen LogP contribution in [0.15, 0.2) is 54.6 Å². The molecule has 1 atom stereocenters. The van der Waals surface area contributed by atoms with Crippen molar-refractivity contribution in [2.24, 2.45) is 11.3 Å². The molecule has 6 nitrogen and oxygen atoms in total. The molecule has 0 aliphatic carbocycles. The van der Waals surface area contributed by atoms with Crippen LogP contribution in [0.25, 0.3) is 0 Å². The SMILES string of the molecule is CC(C)(C)C(=O)Nc1ccc(C(=O)N2CCCC(C(=O)NCc3ccccc3)C2)cc1. The molecule has 2 aromatic carbocycles. The number of nitrogens with one attached hydrogen (secondary N) is 2. The number of anilines is 1. The first-order chi connectivity index (χ1) is 14.7. The van der Waals surface area contributed by atoms with Gasteiger partial charge < -0.3 is 15.5 Å². The van der Waals surface area contributed by atoms with Gasteiger partial charge in [0.15, 0.2) is 0 Å². The second-order valence-corrected chi connectivity index (χ2v) is 9.08. The van der Waals surface area contributed by atoms with E-state index >= 15 is 0 Å². The minimum absolute atomic E-state index is 0.0124. The van der Waals surface area contributed by atoms with Crippen LogP contribution in [0.3, 0.4) is 0 Å². The fraction of sp³-hybridized carbons (Fsp3) is 0.400. The summed E-state index contributed by atoms with van der Waals surface area (Å²) >= 11 is 0. The monoisotopic (exact) mass is 421 g/mol. The molecule has 2 aromatic rings. The number of likely N-dealkylation sites (tertiary alicyclic amines) is 1. The summed E-state index contributed by atoms with van der Waals surface area (Å²) in [7, 11) is 0. The van der Waals surface area contributed by atoms with Crippen LogP contribution in [0.1, 0.15) is 49.5 Å². The van der Waals surface area contributed by atoms with Crippen molar-refractivity contribution in [3.05, 3.63) is 65.7 Å². The van der Waals surface area contributed by atoms with E-state index in [9.17, 15) is 14.4 Å². The topological polar surface area (TPSA) is 78.5 Å². The third-order valence-corrected chi connectivity index (χ3v) is 5.46. The summed E-state index contributed by atoms with van der Waals surface area (Å²) in [5, 5.41) is 5.85. The first kappa shape index (κ1) is 22.5. The van der Waals surface area contributed by atoms with Crippen LogP contribution < -0.4 is 10.6 Å². The largest absolute Gasteiger partial charge is 0.352 e. The van der Waals surface area contributed by atoms with Gasteiger partial charge in [-0.1, -0.05) is 51.1 Å². The zero-order valence-corrected chi connectivity index (χ0v) is 18.5. The van der Waals surface area contributed by atoms with E-state index in [0.717, 1.165) is 18.4 Å². The fourth-order valence-electron chi connectivity index (χ4n) is 3.50. The summed E-state index contributed by atoms with van der Waals surface area (Å²) in [6, 6.07) is 16.7. The Hall–Kier alpha value is -3.15. The first-order valence-corrected chi connectivity index (χ1v) is 10.8. The fourth-order valence-corrected chi connectivity index (χ4v) is 3.50. The highest BCUT2D eigenvalue weighted by Gasteiger charge is 2.29. The highest BCUT2D eigenvalue weighted by atomic mass is 16.2. The van der Waals surface area contributed by atoms with Crippen molar-refractivity contribution >= 4 is 23.4 Å². The number of piperidine rings is 1. The van der Waals surface area contributed by atoms with E-state index in [0.29, 0.717) is 30.9 Å². The summed E-state index contributed by atoms with van der Waals surface area (Å²) in [5.74, 6) is -0.380. The molecule has 164 valence electrons. The molecule has 1 aliphatic heterocycles. The van der Waals surface area contributed by atoms with E-state index in [4.69, 9.17) is 0 Å². The van der Waals surface area contributed by atoms with E-state index in [2.05, 4.69) is 10.6 Å². The van der Waals surface area contributed by atoms with Crippen molar-refractivity contribution in [3.8, 4) is 0 Å². The quantitative estimate of drug-likeness (QED) is 0.770. The molecule has 0 saturated carbocycles. The van der Waals surface area contributed by atoms with Gasteiger partial charge in [-0.15, -0.1) is 0 Å². The van der Waals surface area contributed by atoms with Crippen molar-refractivity contribution in [2.45, 2.75) is 40.2 Å². The van der Waals surface area contributed by atoms with Gasteiger partial charge in [-0.25, -0.2) is 0 Å².